The molecule has 0 aromatic heterocycles. The predicted octanol–water partition coefficient (Wildman–Crippen LogP) is 1.98. The minimum atomic E-state index is -0.215. The van der Waals surface area contributed by atoms with Crippen LogP contribution >= 0.6 is 0 Å². The van der Waals surface area contributed by atoms with Crippen LogP contribution in [0.3, 0.4) is 0 Å². The molecule has 23 heavy (non-hydrogen) atoms. The van der Waals surface area contributed by atoms with E-state index in [4.69, 9.17) is 0 Å². The zero-order valence-electron chi connectivity index (χ0n) is 14.2. The van der Waals surface area contributed by atoms with Gasteiger partial charge in [-0.3, -0.25) is 4.79 Å². The van der Waals surface area contributed by atoms with Gasteiger partial charge in [-0.25, -0.2) is 9.38 Å². The molecular weight excluding hydrogens is 295 g/mol. The second kappa shape index (κ2) is 7.44. The third kappa shape index (κ3) is 5.23. The number of nitrogens with zero attached hydrogens (tertiary/aromatic N) is 2. The first-order valence-electron chi connectivity index (χ1n) is 7.90. The number of likely N-dealkylation sites (N-methyl/N-ethyl adjacent to an activating group) is 1. The van der Waals surface area contributed by atoms with Crippen molar-refractivity contribution >= 4 is 11.9 Å². The first-order chi connectivity index (χ1) is 10.9. The number of carbonyl (C=O) groups is 1. The second-order valence-electron chi connectivity index (χ2n) is 6.25. The summed E-state index contributed by atoms with van der Waals surface area (Å²) in [5.74, 6) is 0.319. The summed E-state index contributed by atoms with van der Waals surface area (Å²) in [6.07, 6.45) is 2.21. The van der Waals surface area contributed by atoms with Crippen molar-refractivity contribution < 1.29 is 9.18 Å². The van der Waals surface area contributed by atoms with Gasteiger partial charge in [0.15, 0.2) is 5.96 Å². The van der Waals surface area contributed by atoms with Gasteiger partial charge in [-0.2, -0.15) is 0 Å². The van der Waals surface area contributed by atoms with Gasteiger partial charge in [-0.05, 0) is 43.9 Å². The Morgan fingerprint density at radius 3 is 2.70 bits per heavy atom. The highest BCUT2D eigenvalue weighted by Gasteiger charge is 2.23. The summed E-state index contributed by atoms with van der Waals surface area (Å²) >= 11 is 0. The van der Waals surface area contributed by atoms with Gasteiger partial charge in [0.25, 0.3) is 0 Å². The average molecular weight is 320 g/mol. The number of hydrogen-bond acceptors (Lipinski definition) is 2. The average Bonchev–Trinajstić information content (AvgIpc) is 3.30. The van der Waals surface area contributed by atoms with Crippen molar-refractivity contribution in [3.8, 4) is 0 Å². The first-order valence-corrected chi connectivity index (χ1v) is 7.90. The molecule has 1 fully saturated rings. The molecular formula is C17H25FN4O. The number of halogens is 1. The van der Waals surface area contributed by atoms with Crippen LogP contribution in [0.2, 0.25) is 0 Å². The molecule has 2 rings (SSSR count). The Morgan fingerprint density at radius 2 is 2.13 bits per heavy atom. The van der Waals surface area contributed by atoms with Gasteiger partial charge in [0, 0.05) is 20.1 Å². The van der Waals surface area contributed by atoms with E-state index in [1.807, 2.05) is 13.0 Å². The summed E-state index contributed by atoms with van der Waals surface area (Å²) in [6, 6.07) is 5.51. The quantitative estimate of drug-likeness (QED) is 0.644. The number of benzene rings is 1. The summed E-state index contributed by atoms with van der Waals surface area (Å²) < 4.78 is 13.7. The highest BCUT2D eigenvalue weighted by Crippen LogP contribution is 2.19. The van der Waals surface area contributed by atoms with Crippen molar-refractivity contribution in [2.45, 2.75) is 38.8 Å². The van der Waals surface area contributed by atoms with Crippen LogP contribution in [-0.4, -0.2) is 43.4 Å². The van der Waals surface area contributed by atoms with E-state index in [1.54, 1.807) is 27.1 Å². The predicted molar refractivity (Wildman–Crippen MR) is 89.8 cm³/mol. The molecule has 1 unspecified atom stereocenters. The summed E-state index contributed by atoms with van der Waals surface area (Å²) in [7, 11) is 3.41. The lowest BCUT2D eigenvalue weighted by Crippen LogP contribution is -2.40. The van der Waals surface area contributed by atoms with Crippen LogP contribution in [0.5, 0.6) is 0 Å². The van der Waals surface area contributed by atoms with E-state index < -0.39 is 0 Å². The van der Waals surface area contributed by atoms with Crippen LogP contribution < -0.4 is 10.6 Å². The van der Waals surface area contributed by atoms with Crippen molar-refractivity contribution in [1.82, 2.24) is 15.5 Å². The Bertz CT molecular complexity index is 596. The fourth-order valence-electron chi connectivity index (χ4n) is 2.01. The lowest BCUT2D eigenvalue weighted by molar-refractivity contribution is -0.127. The zero-order valence-corrected chi connectivity index (χ0v) is 14.2. The number of guanidine groups is 1. The van der Waals surface area contributed by atoms with Crippen LogP contribution in [0.15, 0.2) is 23.2 Å². The van der Waals surface area contributed by atoms with Crippen LogP contribution in [0.4, 0.5) is 4.39 Å². The second-order valence-corrected chi connectivity index (χ2v) is 6.25. The van der Waals surface area contributed by atoms with Crippen molar-refractivity contribution in [3.63, 3.8) is 0 Å². The van der Waals surface area contributed by atoms with E-state index in [9.17, 15) is 9.18 Å². The van der Waals surface area contributed by atoms with Gasteiger partial charge in [0.1, 0.15) is 12.4 Å². The molecule has 0 bridgehead atoms. The van der Waals surface area contributed by atoms with Gasteiger partial charge in [-0.15, -0.1) is 0 Å². The Labute approximate surface area is 137 Å². The molecule has 1 aromatic carbocycles. The molecule has 1 aliphatic rings. The molecule has 6 heteroatoms. The molecule has 2 N–H and O–H groups in total. The SMILES string of the molecule is Cc1ccc(C(C)NC(=NCC(=O)N(C)C)NC2CC2)cc1F. The van der Waals surface area contributed by atoms with E-state index in [2.05, 4.69) is 15.6 Å². The maximum absolute atomic E-state index is 13.7. The Hall–Kier alpha value is -2.11. The maximum atomic E-state index is 13.7. The minimum Gasteiger partial charge on any atom is -0.354 e. The number of carbonyl (C=O) groups excluding carboxylic acids is 1. The summed E-state index contributed by atoms with van der Waals surface area (Å²) in [5.41, 5.74) is 1.47. The number of aryl methyl sites for hydroxylation is 1. The van der Waals surface area contributed by atoms with Crippen LogP contribution in [0, 0.1) is 12.7 Å². The lowest BCUT2D eigenvalue weighted by Gasteiger charge is -2.19. The van der Waals surface area contributed by atoms with Crippen LogP contribution in [0.25, 0.3) is 0 Å². The van der Waals surface area contributed by atoms with Crippen molar-refractivity contribution in [2.24, 2.45) is 4.99 Å². The van der Waals surface area contributed by atoms with Crippen molar-refractivity contribution in [3.05, 3.63) is 35.1 Å². The molecule has 5 nitrogen and oxygen atoms in total. The smallest absolute Gasteiger partial charge is 0.243 e. The molecule has 126 valence electrons. The number of amides is 1. The minimum absolute atomic E-state index is 0.0593. The van der Waals surface area contributed by atoms with Gasteiger partial charge >= 0.3 is 0 Å². The maximum Gasteiger partial charge on any atom is 0.243 e. The Kier molecular flexibility index (Phi) is 5.58. The van der Waals surface area contributed by atoms with Gasteiger partial charge in [-0.1, -0.05) is 12.1 Å². The highest BCUT2D eigenvalue weighted by molar-refractivity contribution is 5.85. The van der Waals surface area contributed by atoms with Crippen molar-refractivity contribution in [2.75, 3.05) is 20.6 Å². The molecule has 1 amide bonds. The Balaban J connectivity index is 2.04. The van der Waals surface area contributed by atoms with Crippen molar-refractivity contribution in [1.29, 1.82) is 0 Å². The zero-order chi connectivity index (χ0) is 17.0. The summed E-state index contributed by atoms with van der Waals surface area (Å²) in [5, 5.41) is 6.53. The summed E-state index contributed by atoms with van der Waals surface area (Å²) in [4.78, 5) is 17.6. The van der Waals surface area contributed by atoms with E-state index in [0.717, 1.165) is 18.4 Å². The largest absolute Gasteiger partial charge is 0.354 e. The lowest BCUT2D eigenvalue weighted by atomic mass is 10.1. The normalized spacial score (nSPS) is 16.0. The molecule has 1 aromatic rings. The topological polar surface area (TPSA) is 56.7 Å². The van der Waals surface area contributed by atoms with E-state index in [0.29, 0.717) is 17.6 Å². The number of rotatable bonds is 5. The molecule has 0 spiro atoms. The summed E-state index contributed by atoms with van der Waals surface area (Å²) in [6.45, 7) is 3.78. The standard InChI is InChI=1S/C17H25FN4O/c1-11-5-6-13(9-15(11)18)12(2)20-17(21-14-7-8-14)19-10-16(23)22(3)4/h5-6,9,12,14H,7-8,10H2,1-4H3,(H2,19,20,21). The van der Waals surface area contributed by atoms with Crippen LogP contribution in [-0.2, 0) is 4.79 Å². The highest BCUT2D eigenvalue weighted by atomic mass is 19.1. The molecule has 1 aliphatic carbocycles. The fraction of sp³-hybridized carbons (Fsp3) is 0.529. The number of aliphatic imine (C=N–C) groups is 1. The van der Waals surface area contributed by atoms with Gasteiger partial charge < -0.3 is 15.5 Å². The number of hydrogen-bond donors (Lipinski definition) is 2. The van der Waals surface area contributed by atoms with E-state index in [1.165, 1.54) is 11.0 Å². The van der Waals surface area contributed by atoms with Crippen LogP contribution in [0.1, 0.15) is 36.9 Å². The fourth-order valence-corrected chi connectivity index (χ4v) is 2.01. The number of nitrogens with one attached hydrogen (secondary N) is 2. The van der Waals surface area contributed by atoms with E-state index >= 15 is 0 Å². The van der Waals surface area contributed by atoms with Gasteiger partial charge in [0.05, 0.1) is 6.04 Å². The molecule has 0 aliphatic heterocycles. The Morgan fingerprint density at radius 1 is 1.43 bits per heavy atom. The molecule has 1 atom stereocenters. The molecule has 1 saturated carbocycles. The third-order valence-electron chi connectivity index (χ3n) is 3.84. The molecule has 0 saturated heterocycles. The van der Waals surface area contributed by atoms with E-state index in [-0.39, 0.29) is 24.3 Å². The molecule has 0 heterocycles. The monoisotopic (exact) mass is 320 g/mol. The van der Waals surface area contributed by atoms with Gasteiger partial charge in [0.2, 0.25) is 5.91 Å². The third-order valence-corrected chi connectivity index (χ3v) is 3.84. The first kappa shape index (κ1) is 17.2. The molecule has 0 radical (unpaired) electrons.